The van der Waals surface area contributed by atoms with Gasteiger partial charge >= 0.3 is 0 Å². The summed E-state index contributed by atoms with van der Waals surface area (Å²) in [5.41, 5.74) is 2.36. The summed E-state index contributed by atoms with van der Waals surface area (Å²) in [7, 11) is 2.06. The summed E-state index contributed by atoms with van der Waals surface area (Å²) in [6.07, 6.45) is 3.89. The van der Waals surface area contributed by atoms with Crippen molar-refractivity contribution in [3.05, 3.63) is 54.1 Å². The molecule has 0 bridgehead atoms. The van der Waals surface area contributed by atoms with Crippen LogP contribution in [-0.4, -0.2) is 9.55 Å². The van der Waals surface area contributed by atoms with Crippen LogP contribution in [0.4, 0.5) is 0 Å². The molecule has 0 aliphatic heterocycles. The third kappa shape index (κ3) is 2.49. The minimum absolute atomic E-state index is 0.274. The molecule has 0 aromatic carbocycles. The van der Waals surface area contributed by atoms with Crippen LogP contribution in [0.1, 0.15) is 24.4 Å². The second-order valence-corrected chi connectivity index (χ2v) is 3.97. The van der Waals surface area contributed by atoms with Gasteiger partial charge in [-0.15, -0.1) is 0 Å². The zero-order chi connectivity index (χ0) is 11.4. The first-order valence-corrected chi connectivity index (χ1v) is 5.52. The highest BCUT2D eigenvalue weighted by molar-refractivity contribution is 5.10. The van der Waals surface area contributed by atoms with E-state index in [9.17, 15) is 0 Å². The van der Waals surface area contributed by atoms with Gasteiger partial charge in [0.05, 0.1) is 5.69 Å². The molecule has 0 saturated heterocycles. The van der Waals surface area contributed by atoms with Crippen LogP contribution >= 0.6 is 0 Å². The molecule has 3 heteroatoms. The molecule has 2 heterocycles. The number of pyridine rings is 1. The Hall–Kier alpha value is -1.61. The van der Waals surface area contributed by atoms with E-state index in [2.05, 4.69) is 47.2 Å². The first-order chi connectivity index (χ1) is 7.77. The normalized spacial score (nSPS) is 12.6. The van der Waals surface area contributed by atoms with E-state index in [4.69, 9.17) is 0 Å². The standard InChI is InChI=1S/C13H17N3/c1-11(13-7-3-4-8-14-13)15-10-12-6-5-9-16(12)2/h3-9,11,15H,10H2,1-2H3/t11-/m0/s1. The van der Waals surface area contributed by atoms with Gasteiger partial charge in [-0.25, -0.2) is 0 Å². The molecular formula is C13H17N3. The quantitative estimate of drug-likeness (QED) is 0.848. The molecule has 1 N–H and O–H groups in total. The molecule has 84 valence electrons. The number of hydrogen-bond acceptors (Lipinski definition) is 2. The Bertz CT molecular complexity index is 433. The molecular weight excluding hydrogens is 198 g/mol. The maximum Gasteiger partial charge on any atom is 0.0570 e. The molecule has 16 heavy (non-hydrogen) atoms. The Balaban J connectivity index is 1.94. The van der Waals surface area contributed by atoms with Crippen molar-refractivity contribution >= 4 is 0 Å². The summed E-state index contributed by atoms with van der Waals surface area (Å²) < 4.78 is 2.12. The van der Waals surface area contributed by atoms with E-state index >= 15 is 0 Å². The Morgan fingerprint density at radius 2 is 2.19 bits per heavy atom. The predicted molar refractivity (Wildman–Crippen MR) is 64.9 cm³/mol. The Labute approximate surface area is 96.1 Å². The molecule has 1 atom stereocenters. The fourth-order valence-corrected chi connectivity index (χ4v) is 1.67. The summed E-state index contributed by atoms with van der Waals surface area (Å²) in [6.45, 7) is 2.99. The maximum absolute atomic E-state index is 4.33. The Kier molecular flexibility index (Phi) is 3.37. The number of aryl methyl sites for hydroxylation is 1. The van der Waals surface area contributed by atoms with Crippen molar-refractivity contribution in [3.8, 4) is 0 Å². The van der Waals surface area contributed by atoms with E-state index in [1.807, 2.05) is 24.4 Å². The molecule has 2 aromatic heterocycles. The number of nitrogens with zero attached hydrogens (tertiary/aromatic N) is 2. The van der Waals surface area contributed by atoms with Gasteiger partial charge in [0.25, 0.3) is 0 Å². The number of aromatic nitrogens is 2. The van der Waals surface area contributed by atoms with Crippen LogP contribution in [0.15, 0.2) is 42.7 Å². The monoisotopic (exact) mass is 215 g/mol. The van der Waals surface area contributed by atoms with Crippen molar-refractivity contribution in [2.75, 3.05) is 0 Å². The Morgan fingerprint density at radius 1 is 1.31 bits per heavy atom. The topological polar surface area (TPSA) is 29.9 Å². The second-order valence-electron chi connectivity index (χ2n) is 3.97. The first-order valence-electron chi connectivity index (χ1n) is 5.52. The van der Waals surface area contributed by atoms with Gasteiger partial charge < -0.3 is 9.88 Å². The lowest BCUT2D eigenvalue weighted by Gasteiger charge is -2.13. The van der Waals surface area contributed by atoms with Crippen molar-refractivity contribution in [1.29, 1.82) is 0 Å². The van der Waals surface area contributed by atoms with Gasteiger partial charge in [-0.3, -0.25) is 4.98 Å². The second kappa shape index (κ2) is 4.94. The third-order valence-corrected chi connectivity index (χ3v) is 2.77. The highest BCUT2D eigenvalue weighted by Crippen LogP contribution is 2.09. The van der Waals surface area contributed by atoms with Gasteiger partial charge in [-0.05, 0) is 31.2 Å². The molecule has 0 spiro atoms. The lowest BCUT2D eigenvalue weighted by molar-refractivity contribution is 0.546. The number of rotatable bonds is 4. The van der Waals surface area contributed by atoms with E-state index in [1.165, 1.54) is 5.69 Å². The van der Waals surface area contributed by atoms with Crippen LogP contribution < -0.4 is 5.32 Å². The van der Waals surface area contributed by atoms with Crippen molar-refractivity contribution in [2.24, 2.45) is 7.05 Å². The minimum atomic E-state index is 0.274. The van der Waals surface area contributed by atoms with Crippen LogP contribution in [0, 0.1) is 0 Å². The van der Waals surface area contributed by atoms with Crippen molar-refractivity contribution < 1.29 is 0 Å². The number of hydrogen-bond donors (Lipinski definition) is 1. The predicted octanol–water partition coefficient (Wildman–Crippen LogP) is 2.27. The summed E-state index contributed by atoms with van der Waals surface area (Å²) in [5.74, 6) is 0. The van der Waals surface area contributed by atoms with Crippen LogP contribution in [0.5, 0.6) is 0 Å². The van der Waals surface area contributed by atoms with Gasteiger partial charge in [-0.1, -0.05) is 6.07 Å². The van der Waals surface area contributed by atoms with Gasteiger partial charge in [0.15, 0.2) is 0 Å². The lowest BCUT2D eigenvalue weighted by Crippen LogP contribution is -2.20. The summed E-state index contributed by atoms with van der Waals surface area (Å²) in [4.78, 5) is 4.33. The molecule has 0 aliphatic carbocycles. The average molecular weight is 215 g/mol. The molecule has 2 rings (SSSR count). The molecule has 2 aromatic rings. The maximum atomic E-state index is 4.33. The van der Waals surface area contributed by atoms with Gasteiger partial charge in [-0.2, -0.15) is 0 Å². The SMILES string of the molecule is C[C@H](NCc1cccn1C)c1ccccn1. The van der Waals surface area contributed by atoms with Crippen LogP contribution in [0.25, 0.3) is 0 Å². The molecule has 0 aliphatic rings. The zero-order valence-electron chi connectivity index (χ0n) is 9.72. The van der Waals surface area contributed by atoms with Crippen molar-refractivity contribution in [1.82, 2.24) is 14.9 Å². The molecule has 0 radical (unpaired) electrons. The summed E-state index contributed by atoms with van der Waals surface area (Å²) >= 11 is 0. The van der Waals surface area contributed by atoms with Gasteiger partial charge in [0, 0.05) is 37.7 Å². The van der Waals surface area contributed by atoms with Crippen LogP contribution in [0.3, 0.4) is 0 Å². The average Bonchev–Trinajstić information content (AvgIpc) is 2.73. The van der Waals surface area contributed by atoms with E-state index in [0.717, 1.165) is 12.2 Å². The molecule has 0 fully saturated rings. The third-order valence-electron chi connectivity index (χ3n) is 2.77. The molecule has 0 saturated carbocycles. The van der Waals surface area contributed by atoms with Gasteiger partial charge in [0.2, 0.25) is 0 Å². The van der Waals surface area contributed by atoms with Gasteiger partial charge in [0.1, 0.15) is 0 Å². The minimum Gasteiger partial charge on any atom is -0.353 e. The molecule has 3 nitrogen and oxygen atoms in total. The smallest absolute Gasteiger partial charge is 0.0570 e. The van der Waals surface area contributed by atoms with E-state index < -0.39 is 0 Å². The van der Waals surface area contributed by atoms with Crippen molar-refractivity contribution in [3.63, 3.8) is 0 Å². The van der Waals surface area contributed by atoms with Crippen LogP contribution in [0.2, 0.25) is 0 Å². The molecule has 0 unspecified atom stereocenters. The first kappa shape index (κ1) is 10.9. The zero-order valence-corrected chi connectivity index (χ0v) is 9.72. The summed E-state index contributed by atoms with van der Waals surface area (Å²) in [5, 5.41) is 3.46. The fourth-order valence-electron chi connectivity index (χ4n) is 1.67. The highest BCUT2D eigenvalue weighted by Gasteiger charge is 2.05. The fraction of sp³-hybridized carbons (Fsp3) is 0.308. The van der Waals surface area contributed by atoms with Crippen LogP contribution in [-0.2, 0) is 13.6 Å². The van der Waals surface area contributed by atoms with E-state index in [1.54, 1.807) is 0 Å². The van der Waals surface area contributed by atoms with E-state index in [0.29, 0.717) is 0 Å². The lowest BCUT2D eigenvalue weighted by atomic mass is 10.2. The van der Waals surface area contributed by atoms with Crippen molar-refractivity contribution in [2.45, 2.75) is 19.5 Å². The highest BCUT2D eigenvalue weighted by atomic mass is 15.0. The van der Waals surface area contributed by atoms with E-state index in [-0.39, 0.29) is 6.04 Å². The number of nitrogens with one attached hydrogen (secondary N) is 1. The largest absolute Gasteiger partial charge is 0.353 e. The summed E-state index contributed by atoms with van der Waals surface area (Å²) in [6, 6.07) is 10.5. The Morgan fingerprint density at radius 3 is 2.81 bits per heavy atom. The molecule has 0 amide bonds.